The van der Waals surface area contributed by atoms with E-state index in [-0.39, 0.29) is 12.5 Å². The van der Waals surface area contributed by atoms with Gasteiger partial charge in [0.1, 0.15) is 5.82 Å². The van der Waals surface area contributed by atoms with Crippen LogP contribution in [0.3, 0.4) is 0 Å². The lowest BCUT2D eigenvalue weighted by Crippen LogP contribution is -2.00. The second kappa shape index (κ2) is 4.07. The number of rotatable bonds is 2. The largest absolute Gasteiger partial charge is 0.392 e. The van der Waals surface area contributed by atoms with Crippen molar-refractivity contribution in [3.63, 3.8) is 0 Å². The molecule has 13 heavy (non-hydrogen) atoms. The molecule has 72 valence electrons. The van der Waals surface area contributed by atoms with E-state index in [1.54, 1.807) is 6.07 Å². The van der Waals surface area contributed by atoms with Gasteiger partial charge in [0.15, 0.2) is 0 Å². The highest BCUT2D eigenvalue weighted by Crippen LogP contribution is 2.26. The molecule has 0 aliphatic rings. The summed E-state index contributed by atoms with van der Waals surface area (Å²) in [6.07, 6.45) is 0. The van der Waals surface area contributed by atoms with E-state index in [1.165, 1.54) is 6.07 Å². The molecule has 0 unspecified atom stereocenters. The lowest BCUT2D eigenvalue weighted by Gasteiger charge is -2.12. The number of aliphatic hydroxyl groups is 1. The zero-order valence-corrected chi connectivity index (χ0v) is 8.40. The molecule has 0 atom stereocenters. The van der Waals surface area contributed by atoms with Crippen molar-refractivity contribution in [2.75, 3.05) is 0 Å². The van der Waals surface area contributed by atoms with E-state index in [9.17, 15) is 4.39 Å². The lowest BCUT2D eigenvalue weighted by molar-refractivity contribution is 0.274. The van der Waals surface area contributed by atoms with Gasteiger partial charge in [0.2, 0.25) is 0 Å². The Kier molecular flexibility index (Phi) is 3.28. The molecule has 0 amide bonds. The molecule has 0 aliphatic heterocycles. The summed E-state index contributed by atoms with van der Waals surface area (Å²) in [4.78, 5) is 0. The van der Waals surface area contributed by atoms with E-state index >= 15 is 0 Å². The number of aliphatic hydroxyl groups excluding tert-OH is 1. The summed E-state index contributed by atoms with van der Waals surface area (Å²) in [5.41, 5.74) is 1.12. The quantitative estimate of drug-likeness (QED) is 0.782. The highest BCUT2D eigenvalue weighted by Gasteiger charge is 2.11. The minimum absolute atomic E-state index is 0.162. The fourth-order valence-electron chi connectivity index (χ4n) is 1.31. The van der Waals surface area contributed by atoms with Crippen LogP contribution < -0.4 is 0 Å². The molecule has 1 rings (SSSR count). The topological polar surface area (TPSA) is 20.2 Å². The first-order chi connectivity index (χ1) is 6.06. The Hall–Kier alpha value is -0.600. The Labute approximate surface area is 82.2 Å². The highest BCUT2D eigenvalue weighted by molar-refractivity contribution is 6.30. The van der Waals surface area contributed by atoms with E-state index in [1.807, 2.05) is 13.8 Å². The van der Waals surface area contributed by atoms with Gasteiger partial charge in [-0.2, -0.15) is 0 Å². The first-order valence-electron chi connectivity index (χ1n) is 4.15. The van der Waals surface area contributed by atoms with Gasteiger partial charge in [-0.1, -0.05) is 25.4 Å². The maximum absolute atomic E-state index is 13.2. The fourth-order valence-corrected chi connectivity index (χ4v) is 1.52. The smallest absolute Gasteiger partial charge is 0.130 e. The van der Waals surface area contributed by atoms with Crippen LogP contribution in [0, 0.1) is 5.82 Å². The van der Waals surface area contributed by atoms with Crippen molar-refractivity contribution in [3.8, 4) is 0 Å². The monoisotopic (exact) mass is 202 g/mol. The molecule has 0 bridgehead atoms. The van der Waals surface area contributed by atoms with Crippen LogP contribution in [0.4, 0.5) is 4.39 Å². The van der Waals surface area contributed by atoms with Gasteiger partial charge in [-0.05, 0) is 23.6 Å². The zero-order chi connectivity index (χ0) is 10.0. The van der Waals surface area contributed by atoms with Crippen LogP contribution in [-0.2, 0) is 6.61 Å². The van der Waals surface area contributed by atoms with Crippen molar-refractivity contribution in [3.05, 3.63) is 34.1 Å². The molecule has 1 nitrogen and oxygen atoms in total. The van der Waals surface area contributed by atoms with Crippen molar-refractivity contribution >= 4 is 11.6 Å². The SMILES string of the molecule is CC(C)c1cc(Cl)cc(F)c1CO. The van der Waals surface area contributed by atoms with Gasteiger partial charge in [-0.15, -0.1) is 0 Å². The van der Waals surface area contributed by atoms with Crippen LogP contribution in [0.1, 0.15) is 30.9 Å². The molecule has 0 saturated heterocycles. The molecule has 1 aromatic rings. The third kappa shape index (κ3) is 2.20. The normalized spacial score (nSPS) is 10.9. The summed E-state index contributed by atoms with van der Waals surface area (Å²) in [6, 6.07) is 2.92. The molecule has 1 aromatic carbocycles. The van der Waals surface area contributed by atoms with Crippen LogP contribution in [-0.4, -0.2) is 5.11 Å². The first kappa shape index (κ1) is 10.5. The van der Waals surface area contributed by atoms with Gasteiger partial charge in [0.25, 0.3) is 0 Å². The molecule has 1 N–H and O–H groups in total. The predicted octanol–water partition coefficient (Wildman–Crippen LogP) is 3.09. The number of halogens is 2. The summed E-state index contributed by atoms with van der Waals surface area (Å²) < 4.78 is 13.2. The van der Waals surface area contributed by atoms with E-state index in [4.69, 9.17) is 16.7 Å². The Morgan fingerprint density at radius 1 is 1.46 bits per heavy atom. The van der Waals surface area contributed by atoms with Crippen LogP contribution >= 0.6 is 11.6 Å². The second-order valence-electron chi connectivity index (χ2n) is 3.27. The third-order valence-corrected chi connectivity index (χ3v) is 2.19. The van der Waals surface area contributed by atoms with Crippen molar-refractivity contribution in [1.29, 1.82) is 0 Å². The molecule has 0 saturated carbocycles. The molecule has 0 aromatic heterocycles. The molecule has 0 aliphatic carbocycles. The van der Waals surface area contributed by atoms with Gasteiger partial charge in [-0.25, -0.2) is 4.39 Å². The Morgan fingerprint density at radius 3 is 2.54 bits per heavy atom. The number of benzene rings is 1. The van der Waals surface area contributed by atoms with Crippen LogP contribution in [0.2, 0.25) is 5.02 Å². The molecule has 0 radical (unpaired) electrons. The standard InChI is InChI=1S/C10H12ClFO/c1-6(2)8-3-7(11)4-10(12)9(8)5-13/h3-4,6,13H,5H2,1-2H3. The maximum Gasteiger partial charge on any atom is 0.130 e. The Morgan fingerprint density at radius 2 is 2.08 bits per heavy atom. The Bertz CT molecular complexity index is 310. The van der Waals surface area contributed by atoms with Crippen LogP contribution in [0.5, 0.6) is 0 Å². The second-order valence-corrected chi connectivity index (χ2v) is 3.70. The van der Waals surface area contributed by atoms with Gasteiger partial charge in [-0.3, -0.25) is 0 Å². The minimum Gasteiger partial charge on any atom is -0.392 e. The molecule has 3 heteroatoms. The van der Waals surface area contributed by atoms with Crippen molar-refractivity contribution in [2.45, 2.75) is 26.4 Å². The summed E-state index contributed by atoms with van der Waals surface area (Å²) in [5, 5.41) is 9.33. The van der Waals surface area contributed by atoms with Gasteiger partial charge in [0.05, 0.1) is 6.61 Å². The maximum atomic E-state index is 13.2. The van der Waals surface area contributed by atoms with Crippen molar-refractivity contribution in [2.24, 2.45) is 0 Å². The lowest BCUT2D eigenvalue weighted by atomic mass is 9.97. The molecule has 0 heterocycles. The highest BCUT2D eigenvalue weighted by atomic mass is 35.5. The number of hydrogen-bond acceptors (Lipinski definition) is 1. The van der Waals surface area contributed by atoms with Gasteiger partial charge in [0, 0.05) is 10.6 Å². The van der Waals surface area contributed by atoms with E-state index in [0.29, 0.717) is 10.6 Å². The molecular weight excluding hydrogens is 191 g/mol. The predicted molar refractivity (Wildman–Crippen MR) is 51.4 cm³/mol. The van der Waals surface area contributed by atoms with Crippen molar-refractivity contribution < 1.29 is 9.50 Å². The average molecular weight is 203 g/mol. The van der Waals surface area contributed by atoms with Gasteiger partial charge < -0.3 is 5.11 Å². The van der Waals surface area contributed by atoms with Crippen LogP contribution in [0.25, 0.3) is 0 Å². The van der Waals surface area contributed by atoms with Gasteiger partial charge >= 0.3 is 0 Å². The van der Waals surface area contributed by atoms with E-state index in [0.717, 1.165) is 5.56 Å². The van der Waals surface area contributed by atoms with Crippen molar-refractivity contribution in [1.82, 2.24) is 0 Å². The Balaban J connectivity index is 3.29. The third-order valence-electron chi connectivity index (χ3n) is 1.97. The first-order valence-corrected chi connectivity index (χ1v) is 4.52. The number of hydrogen-bond donors (Lipinski definition) is 1. The molecule has 0 spiro atoms. The molecular formula is C10H12ClFO. The minimum atomic E-state index is -0.432. The summed E-state index contributed by atoms with van der Waals surface area (Å²) in [6.45, 7) is 3.59. The van der Waals surface area contributed by atoms with Crippen LogP contribution in [0.15, 0.2) is 12.1 Å². The fraction of sp³-hybridized carbons (Fsp3) is 0.400. The average Bonchev–Trinajstić information content (AvgIpc) is 2.02. The summed E-state index contributed by atoms with van der Waals surface area (Å²) in [5.74, 6) is -0.269. The molecule has 0 fully saturated rings. The van der Waals surface area contributed by atoms with E-state index < -0.39 is 5.82 Å². The summed E-state index contributed by atoms with van der Waals surface area (Å²) >= 11 is 5.70. The zero-order valence-electron chi connectivity index (χ0n) is 7.64. The van der Waals surface area contributed by atoms with E-state index in [2.05, 4.69) is 0 Å². The summed E-state index contributed by atoms with van der Waals surface area (Å²) in [7, 11) is 0.